The normalized spacial score (nSPS) is 17.6. The number of carboxylic acids is 1. The second-order valence-corrected chi connectivity index (χ2v) is 5.00. The van der Waals surface area contributed by atoms with Crippen LogP contribution in [-0.4, -0.2) is 16.1 Å². The van der Waals surface area contributed by atoms with E-state index >= 15 is 0 Å². The predicted molar refractivity (Wildman–Crippen MR) is 72.9 cm³/mol. The number of aliphatic carboxylic acids is 1. The molecule has 3 rings (SSSR count). The number of halogens is 1. The largest absolute Gasteiger partial charge is 0.481 e. The van der Waals surface area contributed by atoms with Gasteiger partial charge in [-0.3, -0.25) is 9.78 Å². The molecule has 0 fully saturated rings. The minimum Gasteiger partial charge on any atom is -0.481 e. The van der Waals surface area contributed by atoms with Crippen LogP contribution in [0.5, 0.6) is 0 Å². The summed E-state index contributed by atoms with van der Waals surface area (Å²) in [5.74, 6) is -1.61. The Morgan fingerprint density at radius 3 is 2.80 bits per heavy atom. The Balaban J connectivity index is 2.06. The highest BCUT2D eigenvalue weighted by Crippen LogP contribution is 2.32. The number of carboxylic acid groups (broad SMARTS) is 1. The molecular weight excluding hydrogens is 257 g/mol. The smallest absolute Gasteiger partial charge is 0.311 e. The van der Waals surface area contributed by atoms with Crippen LogP contribution in [0.25, 0.3) is 11.3 Å². The lowest BCUT2D eigenvalue weighted by Gasteiger charge is -2.22. The maximum atomic E-state index is 13.8. The predicted octanol–water partition coefficient (Wildman–Crippen LogP) is 3.39. The van der Waals surface area contributed by atoms with E-state index in [9.17, 15) is 14.3 Å². The van der Waals surface area contributed by atoms with Gasteiger partial charge in [0, 0.05) is 11.3 Å². The Hall–Kier alpha value is -2.23. The van der Waals surface area contributed by atoms with Gasteiger partial charge in [-0.1, -0.05) is 18.2 Å². The summed E-state index contributed by atoms with van der Waals surface area (Å²) < 4.78 is 13.8. The fourth-order valence-corrected chi connectivity index (χ4v) is 2.73. The number of aryl methyl sites for hydroxylation is 1. The number of rotatable bonds is 2. The molecule has 20 heavy (non-hydrogen) atoms. The summed E-state index contributed by atoms with van der Waals surface area (Å²) in [6, 6.07) is 9.97. The zero-order chi connectivity index (χ0) is 14.1. The molecule has 0 saturated heterocycles. The molecule has 0 radical (unpaired) electrons. The Morgan fingerprint density at radius 1 is 1.25 bits per heavy atom. The topological polar surface area (TPSA) is 50.2 Å². The van der Waals surface area contributed by atoms with Crippen molar-refractivity contribution in [3.05, 3.63) is 53.5 Å². The molecule has 1 aromatic heterocycles. The summed E-state index contributed by atoms with van der Waals surface area (Å²) in [5, 5.41) is 9.23. The zero-order valence-corrected chi connectivity index (χ0v) is 10.8. The summed E-state index contributed by atoms with van der Waals surface area (Å²) in [6.07, 6.45) is 2.20. The average Bonchev–Trinajstić information content (AvgIpc) is 2.46. The molecule has 1 heterocycles. The number of aromatic nitrogens is 1. The van der Waals surface area contributed by atoms with E-state index in [0.29, 0.717) is 17.7 Å². The van der Waals surface area contributed by atoms with Gasteiger partial charge in [0.05, 0.1) is 11.6 Å². The van der Waals surface area contributed by atoms with Crippen LogP contribution in [-0.2, 0) is 11.2 Å². The third-order valence-corrected chi connectivity index (χ3v) is 3.74. The third kappa shape index (κ3) is 2.18. The summed E-state index contributed by atoms with van der Waals surface area (Å²) in [6.45, 7) is 0. The fraction of sp³-hybridized carbons (Fsp3) is 0.250. The lowest BCUT2D eigenvalue weighted by molar-refractivity contribution is -0.139. The summed E-state index contributed by atoms with van der Waals surface area (Å²) in [7, 11) is 0. The molecule has 1 aromatic carbocycles. The highest BCUT2D eigenvalue weighted by atomic mass is 19.1. The molecule has 1 N–H and O–H groups in total. The second kappa shape index (κ2) is 5.04. The van der Waals surface area contributed by atoms with Gasteiger partial charge in [0.2, 0.25) is 0 Å². The molecule has 1 aliphatic carbocycles. The van der Waals surface area contributed by atoms with E-state index in [2.05, 4.69) is 4.98 Å². The van der Waals surface area contributed by atoms with E-state index in [1.807, 2.05) is 0 Å². The van der Waals surface area contributed by atoms with Crippen LogP contribution in [0.2, 0.25) is 0 Å². The van der Waals surface area contributed by atoms with E-state index in [1.54, 1.807) is 30.3 Å². The van der Waals surface area contributed by atoms with Gasteiger partial charge in [0.15, 0.2) is 0 Å². The first kappa shape index (κ1) is 12.8. The van der Waals surface area contributed by atoms with Crippen molar-refractivity contribution in [1.29, 1.82) is 0 Å². The number of fused-ring (bicyclic) bond motifs is 1. The van der Waals surface area contributed by atoms with Gasteiger partial charge >= 0.3 is 5.97 Å². The molecular formula is C16H14FNO2. The van der Waals surface area contributed by atoms with Crippen molar-refractivity contribution in [2.75, 3.05) is 0 Å². The van der Waals surface area contributed by atoms with Gasteiger partial charge < -0.3 is 5.11 Å². The maximum absolute atomic E-state index is 13.8. The van der Waals surface area contributed by atoms with Gasteiger partial charge in [-0.05, 0) is 43.0 Å². The van der Waals surface area contributed by atoms with Crippen molar-refractivity contribution in [2.45, 2.75) is 25.2 Å². The van der Waals surface area contributed by atoms with Crippen LogP contribution in [0.4, 0.5) is 4.39 Å². The average molecular weight is 271 g/mol. The molecule has 1 unspecified atom stereocenters. The van der Waals surface area contributed by atoms with Crippen LogP contribution in [0, 0.1) is 5.82 Å². The van der Waals surface area contributed by atoms with Gasteiger partial charge in [-0.25, -0.2) is 4.39 Å². The molecule has 0 spiro atoms. The molecule has 0 amide bonds. The molecule has 0 aliphatic heterocycles. The minimum atomic E-state index is -0.814. The zero-order valence-electron chi connectivity index (χ0n) is 10.8. The lowest BCUT2D eigenvalue weighted by atomic mass is 9.85. The van der Waals surface area contributed by atoms with Crippen LogP contribution in [0.15, 0.2) is 36.4 Å². The van der Waals surface area contributed by atoms with E-state index in [4.69, 9.17) is 0 Å². The van der Waals surface area contributed by atoms with E-state index < -0.39 is 11.9 Å². The maximum Gasteiger partial charge on any atom is 0.311 e. The van der Waals surface area contributed by atoms with E-state index in [1.165, 1.54) is 6.07 Å². The van der Waals surface area contributed by atoms with Crippen molar-refractivity contribution in [3.8, 4) is 11.3 Å². The Labute approximate surface area is 116 Å². The number of hydrogen-bond acceptors (Lipinski definition) is 2. The highest BCUT2D eigenvalue weighted by molar-refractivity contribution is 5.77. The number of carbonyl (C=O) groups is 1. The molecule has 0 saturated carbocycles. The Morgan fingerprint density at radius 2 is 2.05 bits per heavy atom. The SMILES string of the molecule is O=C(O)C1CCCc2nc(-c3ccccc3F)ccc21. The van der Waals surface area contributed by atoms with Gasteiger partial charge in [-0.2, -0.15) is 0 Å². The van der Waals surface area contributed by atoms with Crippen LogP contribution < -0.4 is 0 Å². The number of benzene rings is 1. The van der Waals surface area contributed by atoms with Gasteiger partial charge in [0.1, 0.15) is 5.82 Å². The molecule has 102 valence electrons. The van der Waals surface area contributed by atoms with Crippen molar-refractivity contribution < 1.29 is 14.3 Å². The summed E-state index contributed by atoms with van der Waals surface area (Å²) >= 11 is 0. The van der Waals surface area contributed by atoms with E-state index in [0.717, 1.165) is 24.1 Å². The van der Waals surface area contributed by atoms with Crippen molar-refractivity contribution in [1.82, 2.24) is 4.98 Å². The van der Waals surface area contributed by atoms with Crippen molar-refractivity contribution >= 4 is 5.97 Å². The highest BCUT2D eigenvalue weighted by Gasteiger charge is 2.27. The van der Waals surface area contributed by atoms with Crippen molar-refractivity contribution in [2.24, 2.45) is 0 Å². The standard InChI is InChI=1S/C16H14FNO2/c17-13-6-2-1-4-12(13)15-9-8-10-11(16(19)20)5-3-7-14(10)18-15/h1-2,4,6,8-9,11H,3,5,7H2,(H,19,20). The monoisotopic (exact) mass is 271 g/mol. The first-order valence-electron chi connectivity index (χ1n) is 6.64. The lowest BCUT2D eigenvalue weighted by Crippen LogP contribution is -2.19. The Bertz CT molecular complexity index is 669. The number of nitrogens with zero attached hydrogens (tertiary/aromatic N) is 1. The van der Waals surface area contributed by atoms with Crippen LogP contribution in [0.3, 0.4) is 0 Å². The van der Waals surface area contributed by atoms with Crippen molar-refractivity contribution in [3.63, 3.8) is 0 Å². The van der Waals surface area contributed by atoms with Crippen LogP contribution in [0.1, 0.15) is 30.0 Å². The first-order valence-corrected chi connectivity index (χ1v) is 6.64. The quantitative estimate of drug-likeness (QED) is 0.910. The number of hydrogen-bond donors (Lipinski definition) is 1. The number of pyridine rings is 1. The summed E-state index contributed by atoms with van der Waals surface area (Å²) in [5.41, 5.74) is 2.56. The first-order chi connectivity index (χ1) is 9.66. The second-order valence-electron chi connectivity index (χ2n) is 5.00. The molecule has 1 atom stereocenters. The van der Waals surface area contributed by atoms with Gasteiger partial charge in [0.25, 0.3) is 0 Å². The third-order valence-electron chi connectivity index (χ3n) is 3.74. The molecule has 2 aromatic rings. The molecule has 3 nitrogen and oxygen atoms in total. The summed E-state index contributed by atoms with van der Waals surface area (Å²) in [4.78, 5) is 15.7. The van der Waals surface area contributed by atoms with Gasteiger partial charge in [-0.15, -0.1) is 0 Å². The molecule has 1 aliphatic rings. The minimum absolute atomic E-state index is 0.314. The fourth-order valence-electron chi connectivity index (χ4n) is 2.73. The molecule has 0 bridgehead atoms. The Kier molecular flexibility index (Phi) is 3.22. The molecule has 4 heteroatoms. The van der Waals surface area contributed by atoms with Crippen LogP contribution >= 0.6 is 0 Å². The van der Waals surface area contributed by atoms with E-state index in [-0.39, 0.29) is 5.82 Å².